The number of H-pyrrole nitrogens is 1. The molecule has 0 aliphatic carbocycles. The highest BCUT2D eigenvalue weighted by Gasteiger charge is 2.20. The number of benzene rings is 2. The third kappa shape index (κ3) is 6.12. The van der Waals surface area contributed by atoms with E-state index in [0.717, 1.165) is 31.1 Å². The van der Waals surface area contributed by atoms with Gasteiger partial charge >= 0.3 is 0 Å². The molecule has 0 saturated carbocycles. The molecule has 0 radical (unpaired) electrons. The lowest BCUT2D eigenvalue weighted by molar-refractivity contribution is -0.0849. The summed E-state index contributed by atoms with van der Waals surface area (Å²) >= 11 is 1.42. The maximum Gasteiger partial charge on any atom is 0.154 e. The molecule has 0 aliphatic rings. The molecule has 4 rings (SSSR count). The second kappa shape index (κ2) is 10.8. The summed E-state index contributed by atoms with van der Waals surface area (Å²) in [6, 6.07) is 15.0. The number of nitrogens with one attached hydrogen (secondary N) is 1. The van der Waals surface area contributed by atoms with E-state index >= 15 is 0 Å². The number of hydrogen-bond donors (Lipinski definition) is 5. The quantitative estimate of drug-likeness (QED) is 0.0817. The van der Waals surface area contributed by atoms with Crippen LogP contribution in [-0.4, -0.2) is 42.4 Å². The fraction of sp³-hybridized carbons (Fsp3) is 0.250. The molecule has 0 fully saturated rings. The SMILES string of the molecule is Cc1ccc(C#Cc2ccc(S(C)(=O)=CCCC(Cc3c[nH]c4cc(O)c(N)cc34)C(O)O)s2)cc1. The first-order valence-corrected chi connectivity index (χ1v) is 14.4. The van der Waals surface area contributed by atoms with E-state index in [1.54, 1.807) is 30.0 Å². The Kier molecular flexibility index (Phi) is 7.76. The van der Waals surface area contributed by atoms with E-state index in [1.165, 1.54) is 16.9 Å². The average molecular weight is 523 g/mol. The highest BCUT2D eigenvalue weighted by atomic mass is 32.2. The van der Waals surface area contributed by atoms with Crippen molar-refractivity contribution in [2.45, 2.75) is 36.7 Å². The number of anilines is 1. The van der Waals surface area contributed by atoms with Gasteiger partial charge in [-0.25, -0.2) is 0 Å². The van der Waals surface area contributed by atoms with Crippen molar-refractivity contribution in [3.8, 4) is 17.6 Å². The number of nitrogen functional groups attached to an aromatic ring is 1. The maximum atomic E-state index is 13.4. The first kappa shape index (κ1) is 25.9. The van der Waals surface area contributed by atoms with Gasteiger partial charge in [0.05, 0.1) is 14.8 Å². The number of aromatic nitrogens is 1. The molecule has 188 valence electrons. The number of aryl methyl sites for hydroxylation is 1. The molecule has 6 N–H and O–H groups in total. The smallest absolute Gasteiger partial charge is 0.154 e. The Bertz CT molecular complexity index is 1550. The summed E-state index contributed by atoms with van der Waals surface area (Å²) in [5.41, 5.74) is 9.82. The van der Waals surface area contributed by atoms with Gasteiger partial charge < -0.3 is 26.0 Å². The first-order valence-electron chi connectivity index (χ1n) is 11.6. The van der Waals surface area contributed by atoms with Gasteiger partial charge in [-0.3, -0.25) is 4.21 Å². The first-order chi connectivity index (χ1) is 17.1. The van der Waals surface area contributed by atoms with Crippen LogP contribution in [0.3, 0.4) is 0 Å². The van der Waals surface area contributed by atoms with Gasteiger partial charge in [-0.2, -0.15) is 0 Å². The number of aliphatic hydroxyl groups excluding tert-OH is 1. The molecule has 36 heavy (non-hydrogen) atoms. The highest BCUT2D eigenvalue weighted by molar-refractivity contribution is 8.02. The van der Waals surface area contributed by atoms with E-state index in [1.807, 2.05) is 43.3 Å². The number of aromatic hydroxyl groups is 1. The normalized spacial score (nSPS) is 13.8. The molecule has 0 aliphatic heterocycles. The summed E-state index contributed by atoms with van der Waals surface area (Å²) < 4.78 is 14.1. The van der Waals surface area contributed by atoms with E-state index < -0.39 is 21.7 Å². The summed E-state index contributed by atoms with van der Waals surface area (Å²) in [6.07, 6.45) is 3.29. The van der Waals surface area contributed by atoms with Gasteiger partial charge in [-0.1, -0.05) is 29.5 Å². The Morgan fingerprint density at radius 2 is 1.89 bits per heavy atom. The predicted octanol–water partition coefficient (Wildman–Crippen LogP) is 4.25. The van der Waals surface area contributed by atoms with E-state index in [4.69, 9.17) is 5.73 Å². The number of thiophene rings is 1. The average Bonchev–Trinajstić information content (AvgIpc) is 3.46. The molecule has 0 saturated heterocycles. The number of aromatic amines is 1. The minimum absolute atomic E-state index is 0.000172. The summed E-state index contributed by atoms with van der Waals surface area (Å²) in [4.78, 5) is 3.93. The van der Waals surface area contributed by atoms with Crippen LogP contribution in [0.25, 0.3) is 10.9 Å². The molecule has 0 amide bonds. The number of fused-ring (bicyclic) bond motifs is 1. The third-order valence-corrected chi connectivity index (χ3v) is 10.00. The van der Waals surface area contributed by atoms with Crippen molar-refractivity contribution >= 4 is 42.8 Å². The number of phenolic OH excluding ortho intramolecular Hbond substituents is 1. The monoisotopic (exact) mass is 522 g/mol. The van der Waals surface area contributed by atoms with Gasteiger partial charge in [0.15, 0.2) is 6.29 Å². The second-order valence-electron chi connectivity index (χ2n) is 9.03. The summed E-state index contributed by atoms with van der Waals surface area (Å²) in [7, 11) is -2.39. The van der Waals surface area contributed by atoms with Crippen LogP contribution in [0.2, 0.25) is 0 Å². The Hall–Kier alpha value is -3.22. The predicted molar refractivity (Wildman–Crippen MR) is 149 cm³/mol. The Balaban J connectivity index is 1.44. The van der Waals surface area contributed by atoms with Gasteiger partial charge in [-0.05, 0) is 67.4 Å². The molecule has 2 atom stereocenters. The number of hydrogen-bond acceptors (Lipinski definition) is 6. The van der Waals surface area contributed by atoms with Gasteiger partial charge in [0.2, 0.25) is 0 Å². The Morgan fingerprint density at radius 1 is 1.14 bits per heavy atom. The van der Waals surface area contributed by atoms with Crippen LogP contribution >= 0.6 is 11.3 Å². The molecule has 2 unspecified atom stereocenters. The van der Waals surface area contributed by atoms with Crippen molar-refractivity contribution in [2.24, 2.45) is 5.92 Å². The molecule has 0 bridgehead atoms. The molecule has 2 aromatic heterocycles. The summed E-state index contributed by atoms with van der Waals surface area (Å²) in [5, 5.41) is 32.4. The zero-order valence-electron chi connectivity index (χ0n) is 20.2. The van der Waals surface area contributed by atoms with Crippen molar-refractivity contribution in [2.75, 3.05) is 12.0 Å². The lowest BCUT2D eigenvalue weighted by Gasteiger charge is -2.18. The minimum atomic E-state index is -2.39. The zero-order chi connectivity index (χ0) is 25.9. The Morgan fingerprint density at radius 3 is 2.61 bits per heavy atom. The maximum absolute atomic E-state index is 13.4. The molecule has 6 nitrogen and oxygen atoms in total. The van der Waals surface area contributed by atoms with Crippen LogP contribution in [0.4, 0.5) is 5.69 Å². The molecular weight excluding hydrogens is 492 g/mol. The van der Waals surface area contributed by atoms with Crippen LogP contribution in [0.1, 0.15) is 34.4 Å². The topological polar surface area (TPSA) is 120 Å². The van der Waals surface area contributed by atoms with Crippen molar-refractivity contribution in [1.29, 1.82) is 0 Å². The Labute approximate surface area is 215 Å². The van der Waals surface area contributed by atoms with E-state index in [2.05, 4.69) is 16.8 Å². The highest BCUT2D eigenvalue weighted by Crippen LogP contribution is 2.31. The summed E-state index contributed by atoms with van der Waals surface area (Å²) in [6.45, 7) is 2.03. The van der Waals surface area contributed by atoms with E-state index in [0.29, 0.717) is 19.3 Å². The van der Waals surface area contributed by atoms with Crippen molar-refractivity contribution in [3.63, 3.8) is 0 Å². The van der Waals surface area contributed by atoms with Gasteiger partial charge in [0, 0.05) is 50.4 Å². The van der Waals surface area contributed by atoms with Crippen LogP contribution in [-0.2, 0) is 15.9 Å². The van der Waals surface area contributed by atoms with Crippen molar-refractivity contribution < 1.29 is 19.5 Å². The minimum Gasteiger partial charge on any atom is -0.506 e. The van der Waals surface area contributed by atoms with Crippen molar-refractivity contribution in [3.05, 3.63) is 76.3 Å². The molecule has 4 aromatic rings. The molecular formula is C28H30N2O4S2. The number of phenols is 1. The zero-order valence-corrected chi connectivity index (χ0v) is 21.8. The van der Waals surface area contributed by atoms with E-state index in [9.17, 15) is 19.5 Å². The molecule has 2 aromatic carbocycles. The fourth-order valence-electron chi connectivity index (χ4n) is 4.01. The standard InChI is InChI=1S/C28H30N2O4S2/c1-18-5-7-19(8-6-18)9-10-22-11-12-27(35-22)36(2,34)13-3-4-20(28(32)33)14-21-17-30-25-16-26(31)24(29)15-23(21)25/h5-8,11-13,15-17,20,28,30-33H,3-4,14,29H2,1-2H3. The van der Waals surface area contributed by atoms with Crippen LogP contribution in [0, 0.1) is 24.7 Å². The summed E-state index contributed by atoms with van der Waals surface area (Å²) in [5.74, 6) is 5.83. The second-order valence-corrected chi connectivity index (χ2v) is 13.0. The van der Waals surface area contributed by atoms with Gasteiger partial charge in [0.25, 0.3) is 0 Å². The largest absolute Gasteiger partial charge is 0.506 e. The fourth-order valence-corrected chi connectivity index (χ4v) is 6.82. The van der Waals surface area contributed by atoms with Crippen LogP contribution in [0.15, 0.2) is 58.9 Å². The number of rotatable bonds is 7. The van der Waals surface area contributed by atoms with Gasteiger partial charge in [-0.15, -0.1) is 11.3 Å². The molecule has 2 heterocycles. The van der Waals surface area contributed by atoms with Crippen LogP contribution < -0.4 is 5.73 Å². The molecule has 8 heteroatoms. The number of nitrogens with two attached hydrogens (primary N) is 1. The lowest BCUT2D eigenvalue weighted by atomic mass is 9.94. The number of aliphatic hydroxyl groups is 2. The van der Waals surface area contributed by atoms with E-state index in [-0.39, 0.29) is 11.4 Å². The van der Waals surface area contributed by atoms with Crippen LogP contribution in [0.5, 0.6) is 5.75 Å². The van der Waals surface area contributed by atoms with Crippen molar-refractivity contribution in [1.82, 2.24) is 4.98 Å². The van der Waals surface area contributed by atoms with Gasteiger partial charge in [0.1, 0.15) is 5.75 Å². The lowest BCUT2D eigenvalue weighted by Crippen LogP contribution is -2.22. The molecule has 0 spiro atoms. The third-order valence-electron chi connectivity index (χ3n) is 6.15.